The third-order valence-corrected chi connectivity index (χ3v) is 11.7. The highest BCUT2D eigenvalue weighted by Gasteiger charge is 2.56. The van der Waals surface area contributed by atoms with Gasteiger partial charge in [-0.05, 0) is 80.6 Å². The Morgan fingerprint density at radius 3 is 2.00 bits per heavy atom. The highest BCUT2D eigenvalue weighted by atomic mass is 35.5. The molecular weight excluding hydrogens is 707 g/mol. The van der Waals surface area contributed by atoms with Crippen LogP contribution in [0.5, 0.6) is 17.2 Å². The molecule has 3 N–H and O–H groups in total. The Morgan fingerprint density at radius 1 is 0.827 bits per heavy atom. The molecule has 280 valence electrons. The third-order valence-electron chi connectivity index (χ3n) is 11.0. The number of ether oxygens (including phenoxy) is 3. The Hall–Kier alpha value is -4.19. The van der Waals surface area contributed by atoms with Crippen LogP contribution in [0, 0.1) is 0 Å². The van der Waals surface area contributed by atoms with Crippen molar-refractivity contribution in [2.45, 2.75) is 55.9 Å². The van der Waals surface area contributed by atoms with E-state index in [-0.39, 0.29) is 18.0 Å². The van der Waals surface area contributed by atoms with Crippen molar-refractivity contribution in [3.05, 3.63) is 87.4 Å². The second kappa shape index (κ2) is 16.7. The number of benzene rings is 3. The summed E-state index contributed by atoms with van der Waals surface area (Å²) >= 11 is 13.0. The third kappa shape index (κ3) is 7.63. The van der Waals surface area contributed by atoms with E-state index in [0.29, 0.717) is 71.8 Å². The van der Waals surface area contributed by atoms with Gasteiger partial charge in [0.05, 0.1) is 36.8 Å². The fourth-order valence-corrected chi connectivity index (χ4v) is 8.45. The molecule has 13 heteroatoms. The number of primary amides is 1. The number of nitrogens with two attached hydrogens (primary N) is 1. The van der Waals surface area contributed by atoms with Crippen LogP contribution in [-0.4, -0.2) is 104 Å². The Balaban J connectivity index is 0.000000577. The molecule has 3 aliphatic rings. The van der Waals surface area contributed by atoms with Gasteiger partial charge in [0.2, 0.25) is 5.75 Å². The maximum absolute atomic E-state index is 14.1. The number of methoxy groups -OCH3 is 3. The van der Waals surface area contributed by atoms with Gasteiger partial charge in [-0.2, -0.15) is 0 Å². The molecule has 3 unspecified atom stereocenters. The summed E-state index contributed by atoms with van der Waals surface area (Å²) in [6, 6.07) is 18.0. The molecule has 3 amide bonds. The van der Waals surface area contributed by atoms with E-state index in [4.69, 9.17) is 43.1 Å². The van der Waals surface area contributed by atoms with Crippen LogP contribution in [0.3, 0.4) is 0 Å². The number of carbonyl (C=O) groups excluding carboxylic acids is 2. The summed E-state index contributed by atoms with van der Waals surface area (Å²) in [6.45, 7) is 5.98. The largest absolute Gasteiger partial charge is 0.493 e. The van der Waals surface area contributed by atoms with Gasteiger partial charge in [0, 0.05) is 43.2 Å². The monoisotopic (exact) mass is 754 g/mol. The van der Waals surface area contributed by atoms with Crippen LogP contribution in [0.1, 0.15) is 60.5 Å². The highest BCUT2D eigenvalue weighted by Crippen LogP contribution is 2.50. The summed E-state index contributed by atoms with van der Waals surface area (Å²) in [4.78, 5) is 43.5. The smallest absolute Gasteiger partial charge is 0.314 e. The minimum atomic E-state index is -1.07. The molecule has 6 rings (SSSR count). The lowest BCUT2D eigenvalue weighted by Crippen LogP contribution is -2.60. The second-order valence-corrected chi connectivity index (χ2v) is 14.4. The molecular formula is C39H48Cl2N4O7. The number of carbonyl (C=O) groups is 3. The Kier molecular flexibility index (Phi) is 12.5. The molecule has 3 aromatic carbocycles. The van der Waals surface area contributed by atoms with E-state index in [1.54, 1.807) is 23.1 Å². The van der Waals surface area contributed by atoms with E-state index >= 15 is 0 Å². The lowest BCUT2D eigenvalue weighted by molar-refractivity contribution is -0.147. The first kappa shape index (κ1) is 39.0. The summed E-state index contributed by atoms with van der Waals surface area (Å²) in [6.07, 6.45) is 3.72. The van der Waals surface area contributed by atoms with Gasteiger partial charge in [-0.3, -0.25) is 14.5 Å². The predicted molar refractivity (Wildman–Crippen MR) is 201 cm³/mol. The molecule has 3 aromatic rings. The summed E-state index contributed by atoms with van der Waals surface area (Å²) in [5.74, 6) is 0.173. The molecule has 3 atom stereocenters. The lowest BCUT2D eigenvalue weighted by Gasteiger charge is -2.52. The highest BCUT2D eigenvalue weighted by molar-refractivity contribution is 6.42. The van der Waals surface area contributed by atoms with Gasteiger partial charge in [0.1, 0.15) is 0 Å². The molecule has 0 radical (unpaired) electrons. The van der Waals surface area contributed by atoms with Gasteiger partial charge in [-0.25, -0.2) is 4.79 Å². The Morgan fingerprint density at radius 2 is 1.48 bits per heavy atom. The number of carboxylic acids is 1. The molecule has 0 aliphatic carbocycles. The van der Waals surface area contributed by atoms with Crippen molar-refractivity contribution in [1.29, 1.82) is 0 Å². The Bertz CT molecular complexity index is 1730. The van der Waals surface area contributed by atoms with Crippen molar-refractivity contribution in [2.24, 2.45) is 5.73 Å². The summed E-state index contributed by atoms with van der Waals surface area (Å²) in [5.41, 5.74) is 5.43. The molecule has 3 aliphatic heterocycles. The molecule has 52 heavy (non-hydrogen) atoms. The summed E-state index contributed by atoms with van der Waals surface area (Å²) < 4.78 is 16.5. The first-order valence-electron chi connectivity index (χ1n) is 17.6. The topological polar surface area (TPSA) is 135 Å². The van der Waals surface area contributed by atoms with E-state index in [0.717, 1.165) is 43.6 Å². The molecule has 0 aromatic heterocycles. The van der Waals surface area contributed by atoms with Gasteiger partial charge in [0.15, 0.2) is 11.5 Å². The quantitative estimate of drug-likeness (QED) is 0.254. The van der Waals surface area contributed by atoms with E-state index in [2.05, 4.69) is 11.8 Å². The zero-order valence-electron chi connectivity index (χ0n) is 30.2. The molecule has 11 nitrogen and oxygen atoms in total. The van der Waals surface area contributed by atoms with Gasteiger partial charge >= 0.3 is 12.0 Å². The van der Waals surface area contributed by atoms with Crippen LogP contribution in [0.4, 0.5) is 4.79 Å². The number of nitrogens with zero attached hydrogens (tertiary/aromatic N) is 3. The average Bonchev–Trinajstić information content (AvgIpc) is 3.88. The molecule has 3 heterocycles. The SMILES string of the molecule is CCN1CCC(C(=O)O)(c2ccccc2)CC1C1(c2ccc(Cl)c(Cl)c2)CCN(C(=O)c2cc(OC)c(OC)c(OC)c2)C1.NC(=O)N1CCCC1. The van der Waals surface area contributed by atoms with Gasteiger partial charge in [-0.15, -0.1) is 0 Å². The van der Waals surface area contributed by atoms with Crippen LogP contribution in [0.2, 0.25) is 10.0 Å². The van der Waals surface area contributed by atoms with E-state index in [1.807, 2.05) is 47.4 Å². The molecule has 3 saturated heterocycles. The maximum Gasteiger partial charge on any atom is 0.314 e. The Labute approximate surface area is 315 Å². The molecule has 0 saturated carbocycles. The van der Waals surface area contributed by atoms with Crippen LogP contribution >= 0.6 is 23.2 Å². The number of halogens is 2. The van der Waals surface area contributed by atoms with E-state index in [1.165, 1.54) is 21.3 Å². The van der Waals surface area contributed by atoms with Crippen molar-refractivity contribution >= 4 is 41.1 Å². The van der Waals surface area contributed by atoms with Gasteiger partial charge in [-0.1, -0.05) is 66.5 Å². The molecule has 0 bridgehead atoms. The zero-order valence-corrected chi connectivity index (χ0v) is 31.7. The fourth-order valence-electron chi connectivity index (χ4n) is 8.15. The van der Waals surface area contributed by atoms with Gasteiger partial charge < -0.3 is 34.9 Å². The van der Waals surface area contributed by atoms with Crippen molar-refractivity contribution in [1.82, 2.24) is 14.7 Å². The number of amides is 3. The predicted octanol–water partition coefficient (Wildman–Crippen LogP) is 6.47. The molecule has 3 fully saturated rings. The van der Waals surface area contributed by atoms with Crippen LogP contribution < -0.4 is 19.9 Å². The number of carboxylic acid groups (broad SMARTS) is 1. The van der Waals surface area contributed by atoms with E-state index in [9.17, 15) is 19.5 Å². The summed E-state index contributed by atoms with van der Waals surface area (Å²) in [7, 11) is 4.55. The second-order valence-electron chi connectivity index (χ2n) is 13.6. The summed E-state index contributed by atoms with van der Waals surface area (Å²) in [5, 5.41) is 11.6. The van der Waals surface area contributed by atoms with E-state index < -0.39 is 16.8 Å². The van der Waals surface area contributed by atoms with Crippen molar-refractivity contribution in [3.8, 4) is 17.2 Å². The number of likely N-dealkylation sites (N-methyl/N-ethyl adjacent to an activating group) is 1. The lowest BCUT2D eigenvalue weighted by atomic mass is 9.62. The maximum atomic E-state index is 14.1. The first-order chi connectivity index (χ1) is 24.9. The normalized spacial score (nSPS) is 23.1. The number of piperidine rings is 1. The van der Waals surface area contributed by atoms with Crippen molar-refractivity contribution < 1.29 is 33.7 Å². The van der Waals surface area contributed by atoms with Gasteiger partial charge in [0.25, 0.3) is 5.91 Å². The number of likely N-dealkylation sites (tertiary alicyclic amines) is 3. The van der Waals surface area contributed by atoms with Crippen molar-refractivity contribution in [3.63, 3.8) is 0 Å². The van der Waals surface area contributed by atoms with Crippen LogP contribution in [-0.2, 0) is 15.6 Å². The minimum absolute atomic E-state index is 0.183. The fraction of sp³-hybridized carbons (Fsp3) is 0.462. The molecule has 0 spiro atoms. The first-order valence-corrected chi connectivity index (χ1v) is 18.3. The number of aliphatic carboxylic acids is 1. The van der Waals surface area contributed by atoms with Crippen molar-refractivity contribution in [2.75, 3.05) is 60.6 Å². The standard InChI is InChI=1S/C34H38Cl2N2O6.C5H10N2O/c1-5-37-15-13-33(32(40)41,23-9-7-6-8-10-23)20-29(37)34(24-11-12-25(35)26(36)19-24)14-16-38(21-34)31(39)22-17-27(42-2)30(44-4)28(18-22)43-3;6-5(8)7-3-1-2-4-7/h6-12,17-19,29H,5,13-16,20-21H2,1-4H3,(H,40,41);1-4H2,(H2,6,8). The average molecular weight is 756 g/mol. The minimum Gasteiger partial charge on any atom is -0.493 e. The zero-order chi connectivity index (χ0) is 37.6. The number of rotatable bonds is 9. The number of urea groups is 1. The number of hydrogen-bond acceptors (Lipinski definition) is 7. The van der Waals surface area contributed by atoms with Crippen LogP contribution in [0.25, 0.3) is 0 Å². The van der Waals surface area contributed by atoms with Crippen LogP contribution in [0.15, 0.2) is 60.7 Å². The number of hydrogen-bond donors (Lipinski definition) is 2.